The molecule has 0 saturated heterocycles. The molecule has 2 aromatic rings. The van der Waals surface area contributed by atoms with Crippen LogP contribution in [0, 0.1) is 6.92 Å². The molecule has 0 fully saturated rings. The lowest BCUT2D eigenvalue weighted by Crippen LogP contribution is -2.14. The molecule has 2 rings (SSSR count). The first-order valence-corrected chi connectivity index (χ1v) is 6.07. The summed E-state index contributed by atoms with van der Waals surface area (Å²) < 4.78 is 17.2. The van der Waals surface area contributed by atoms with Gasteiger partial charge in [0, 0.05) is 7.05 Å². The number of esters is 1. The quantitative estimate of drug-likeness (QED) is 0.782. The van der Waals surface area contributed by atoms with Crippen molar-refractivity contribution in [3.63, 3.8) is 0 Å². The molecule has 0 aliphatic rings. The molecular weight excluding hydrogens is 260 g/mol. The predicted octanol–water partition coefficient (Wildman–Crippen LogP) is 2.07. The second-order valence-corrected chi connectivity index (χ2v) is 4.17. The fraction of sp³-hybridized carbons (Fsp3) is 0.286. The number of aromatic nitrogens is 2. The molecule has 20 heavy (non-hydrogen) atoms. The van der Waals surface area contributed by atoms with Crippen molar-refractivity contribution in [2.75, 3.05) is 13.7 Å². The lowest BCUT2D eigenvalue weighted by molar-refractivity contribution is -0.143. The second kappa shape index (κ2) is 6.10. The topological polar surface area (TPSA) is 62.6 Å². The van der Waals surface area contributed by atoms with Gasteiger partial charge in [-0.25, -0.2) is 9.48 Å². The number of benzene rings is 1. The molecule has 6 nitrogen and oxygen atoms in total. The van der Waals surface area contributed by atoms with Gasteiger partial charge in [-0.05, 0) is 18.6 Å². The molecule has 0 bridgehead atoms. The smallest absolute Gasteiger partial charge is 0.343 e. The molecule has 0 aliphatic heterocycles. The Balaban J connectivity index is 2.16. The summed E-state index contributed by atoms with van der Waals surface area (Å²) in [7, 11) is 3.01. The molecule has 0 N–H and O–H groups in total. The van der Waals surface area contributed by atoms with Crippen molar-refractivity contribution in [2.24, 2.45) is 7.05 Å². The highest BCUT2D eigenvalue weighted by atomic mass is 16.6. The van der Waals surface area contributed by atoms with Crippen LogP contribution in [0.15, 0.2) is 30.5 Å². The van der Waals surface area contributed by atoms with Crippen LogP contribution in [0.5, 0.6) is 17.4 Å². The number of rotatable bonds is 5. The maximum atomic E-state index is 11.1. The number of nitrogens with zero attached hydrogens (tertiary/aromatic N) is 2. The standard InChI is InChI=1S/C14H16N2O4/c1-10-6-4-5-7-11(10)20-12-8-15-16(2)14(12)19-9-13(17)18-3/h4-8H,9H2,1-3H3. The Morgan fingerprint density at radius 1 is 1.30 bits per heavy atom. The van der Waals surface area contributed by atoms with Gasteiger partial charge in [-0.15, -0.1) is 0 Å². The summed E-state index contributed by atoms with van der Waals surface area (Å²) in [5.74, 6) is 1.07. The third-order valence-electron chi connectivity index (χ3n) is 2.72. The highest BCUT2D eigenvalue weighted by molar-refractivity contribution is 5.70. The number of ether oxygens (including phenoxy) is 3. The molecule has 106 valence electrons. The first kappa shape index (κ1) is 13.9. The number of hydrogen-bond acceptors (Lipinski definition) is 5. The van der Waals surface area contributed by atoms with E-state index in [1.807, 2.05) is 31.2 Å². The monoisotopic (exact) mass is 276 g/mol. The second-order valence-electron chi connectivity index (χ2n) is 4.17. The minimum atomic E-state index is -0.465. The SMILES string of the molecule is COC(=O)COc1c(Oc2ccccc2C)cnn1C. The van der Waals surface area contributed by atoms with Crippen molar-refractivity contribution in [3.8, 4) is 17.4 Å². The van der Waals surface area contributed by atoms with Gasteiger partial charge < -0.3 is 14.2 Å². The molecule has 1 aromatic heterocycles. The maximum absolute atomic E-state index is 11.1. The summed E-state index contributed by atoms with van der Waals surface area (Å²) in [5, 5.41) is 4.06. The molecule has 0 radical (unpaired) electrons. The fourth-order valence-corrected chi connectivity index (χ4v) is 1.62. The van der Waals surface area contributed by atoms with Crippen molar-refractivity contribution in [2.45, 2.75) is 6.92 Å². The van der Waals surface area contributed by atoms with E-state index in [9.17, 15) is 4.79 Å². The third kappa shape index (κ3) is 3.09. The molecule has 6 heteroatoms. The maximum Gasteiger partial charge on any atom is 0.343 e. The Morgan fingerprint density at radius 3 is 2.75 bits per heavy atom. The number of carbonyl (C=O) groups is 1. The van der Waals surface area contributed by atoms with Crippen LogP contribution < -0.4 is 9.47 Å². The lowest BCUT2D eigenvalue weighted by Gasteiger charge is -2.10. The largest absolute Gasteiger partial charge is 0.466 e. The molecule has 0 spiro atoms. The van der Waals surface area contributed by atoms with Gasteiger partial charge in [0.25, 0.3) is 5.88 Å². The van der Waals surface area contributed by atoms with Crippen LogP contribution in [0.25, 0.3) is 0 Å². The zero-order chi connectivity index (χ0) is 14.5. The molecular formula is C14H16N2O4. The van der Waals surface area contributed by atoms with E-state index in [1.165, 1.54) is 11.8 Å². The average molecular weight is 276 g/mol. The van der Waals surface area contributed by atoms with Gasteiger partial charge in [0.15, 0.2) is 6.61 Å². The Hall–Kier alpha value is -2.50. The fourth-order valence-electron chi connectivity index (χ4n) is 1.62. The van der Waals surface area contributed by atoms with E-state index in [0.717, 1.165) is 5.56 Å². The lowest BCUT2D eigenvalue weighted by atomic mass is 10.2. The average Bonchev–Trinajstić information content (AvgIpc) is 2.79. The molecule has 0 aliphatic carbocycles. The zero-order valence-electron chi connectivity index (χ0n) is 11.6. The summed E-state index contributed by atoms with van der Waals surface area (Å²) in [6, 6.07) is 7.61. The van der Waals surface area contributed by atoms with Gasteiger partial charge in [0.2, 0.25) is 5.75 Å². The van der Waals surface area contributed by atoms with Crippen LogP contribution in [0.4, 0.5) is 0 Å². The van der Waals surface area contributed by atoms with Crippen LogP contribution in [-0.4, -0.2) is 29.5 Å². The Kier molecular flexibility index (Phi) is 4.24. The minimum absolute atomic E-state index is 0.194. The predicted molar refractivity (Wildman–Crippen MR) is 72.0 cm³/mol. The van der Waals surface area contributed by atoms with E-state index in [4.69, 9.17) is 9.47 Å². The van der Waals surface area contributed by atoms with E-state index in [-0.39, 0.29) is 6.61 Å². The van der Waals surface area contributed by atoms with Crippen LogP contribution in [-0.2, 0) is 16.6 Å². The summed E-state index contributed by atoms with van der Waals surface area (Å²) in [4.78, 5) is 11.1. The number of carbonyl (C=O) groups excluding carboxylic acids is 1. The van der Waals surface area contributed by atoms with Crippen LogP contribution in [0.2, 0.25) is 0 Å². The van der Waals surface area contributed by atoms with Crippen LogP contribution in [0.1, 0.15) is 5.56 Å². The summed E-state index contributed by atoms with van der Waals surface area (Å²) >= 11 is 0. The molecule has 0 atom stereocenters. The summed E-state index contributed by atoms with van der Waals surface area (Å²) in [6.07, 6.45) is 1.54. The molecule has 1 aromatic carbocycles. The number of aryl methyl sites for hydroxylation is 2. The summed E-state index contributed by atoms with van der Waals surface area (Å²) in [5.41, 5.74) is 0.996. The number of para-hydroxylation sites is 1. The highest BCUT2D eigenvalue weighted by Gasteiger charge is 2.15. The van der Waals surface area contributed by atoms with Crippen molar-refractivity contribution in [1.29, 1.82) is 0 Å². The third-order valence-corrected chi connectivity index (χ3v) is 2.72. The van der Waals surface area contributed by atoms with Gasteiger partial charge in [-0.3, -0.25) is 0 Å². The van der Waals surface area contributed by atoms with Crippen molar-refractivity contribution in [1.82, 2.24) is 9.78 Å². The number of methoxy groups -OCH3 is 1. The van der Waals surface area contributed by atoms with Gasteiger partial charge in [-0.1, -0.05) is 18.2 Å². The zero-order valence-corrected chi connectivity index (χ0v) is 11.6. The van der Waals surface area contributed by atoms with E-state index >= 15 is 0 Å². The molecule has 0 amide bonds. The van der Waals surface area contributed by atoms with Crippen molar-refractivity contribution < 1.29 is 19.0 Å². The van der Waals surface area contributed by atoms with Crippen molar-refractivity contribution in [3.05, 3.63) is 36.0 Å². The van der Waals surface area contributed by atoms with E-state index < -0.39 is 5.97 Å². The Labute approximate surface area is 116 Å². The van der Waals surface area contributed by atoms with E-state index in [1.54, 1.807) is 13.2 Å². The van der Waals surface area contributed by atoms with Crippen molar-refractivity contribution >= 4 is 5.97 Å². The minimum Gasteiger partial charge on any atom is -0.466 e. The van der Waals surface area contributed by atoms with Crippen LogP contribution in [0.3, 0.4) is 0 Å². The van der Waals surface area contributed by atoms with Gasteiger partial charge in [-0.2, -0.15) is 5.10 Å². The van der Waals surface area contributed by atoms with Gasteiger partial charge >= 0.3 is 5.97 Å². The number of hydrogen-bond donors (Lipinski definition) is 0. The molecule has 0 saturated carbocycles. The van der Waals surface area contributed by atoms with E-state index in [2.05, 4.69) is 9.84 Å². The highest BCUT2D eigenvalue weighted by Crippen LogP contribution is 2.32. The Morgan fingerprint density at radius 2 is 2.05 bits per heavy atom. The summed E-state index contributed by atoms with van der Waals surface area (Å²) in [6.45, 7) is 1.75. The first-order valence-electron chi connectivity index (χ1n) is 6.07. The van der Waals surface area contributed by atoms with Gasteiger partial charge in [0.1, 0.15) is 5.75 Å². The first-order chi connectivity index (χ1) is 9.61. The normalized spacial score (nSPS) is 10.2. The van der Waals surface area contributed by atoms with E-state index in [0.29, 0.717) is 17.4 Å². The molecule has 1 heterocycles. The molecule has 0 unspecified atom stereocenters. The Bertz CT molecular complexity index is 607. The van der Waals surface area contributed by atoms with Crippen LogP contribution >= 0.6 is 0 Å². The van der Waals surface area contributed by atoms with Gasteiger partial charge in [0.05, 0.1) is 13.3 Å².